The number of hydrogen-bond acceptors (Lipinski definition) is 2. The van der Waals surface area contributed by atoms with Gasteiger partial charge in [-0.2, -0.15) is 5.10 Å². The van der Waals surface area contributed by atoms with E-state index >= 15 is 0 Å². The molecule has 4 nitrogen and oxygen atoms in total. The zero-order chi connectivity index (χ0) is 13.7. The fourth-order valence-electron chi connectivity index (χ4n) is 1.85. The second-order valence-electron chi connectivity index (χ2n) is 4.42. The molecule has 0 saturated heterocycles. The van der Waals surface area contributed by atoms with Crippen LogP contribution >= 0.6 is 11.6 Å². The largest absolute Gasteiger partial charge is 0.348 e. The number of hydrogen-bond donors (Lipinski definition) is 1. The quantitative estimate of drug-likeness (QED) is 0.850. The van der Waals surface area contributed by atoms with Gasteiger partial charge in [0.1, 0.15) is 0 Å². The Bertz CT molecular complexity index is 539. The van der Waals surface area contributed by atoms with E-state index < -0.39 is 0 Å². The third kappa shape index (κ3) is 3.83. The maximum Gasteiger partial charge on any atom is 0.254 e. The van der Waals surface area contributed by atoms with E-state index in [9.17, 15) is 4.79 Å². The minimum absolute atomic E-state index is 0.0863. The fourth-order valence-corrected chi connectivity index (χ4v) is 2.04. The Balaban J connectivity index is 1.97. The van der Waals surface area contributed by atoms with E-state index in [1.54, 1.807) is 24.1 Å². The second-order valence-corrected chi connectivity index (χ2v) is 4.73. The van der Waals surface area contributed by atoms with Crippen molar-refractivity contribution >= 4 is 17.5 Å². The van der Waals surface area contributed by atoms with Crippen LogP contribution in [0.25, 0.3) is 0 Å². The van der Waals surface area contributed by atoms with Gasteiger partial charge in [0.25, 0.3) is 5.91 Å². The zero-order valence-electron chi connectivity index (χ0n) is 10.7. The van der Waals surface area contributed by atoms with Crippen LogP contribution in [0.1, 0.15) is 15.9 Å². The Kier molecular flexibility index (Phi) is 4.58. The first-order chi connectivity index (χ1) is 9.19. The maximum atomic E-state index is 12.0. The van der Waals surface area contributed by atoms with Crippen LogP contribution in [0.2, 0.25) is 0 Å². The molecule has 0 fully saturated rings. The van der Waals surface area contributed by atoms with Gasteiger partial charge in [-0.1, -0.05) is 30.3 Å². The molecule has 0 saturated carbocycles. The van der Waals surface area contributed by atoms with Crippen molar-refractivity contribution in [2.75, 3.05) is 5.88 Å². The molecule has 2 aromatic rings. The van der Waals surface area contributed by atoms with Crippen molar-refractivity contribution in [3.05, 3.63) is 53.9 Å². The third-order valence-corrected chi connectivity index (χ3v) is 3.19. The van der Waals surface area contributed by atoms with Gasteiger partial charge < -0.3 is 5.32 Å². The minimum atomic E-state index is -0.144. The summed E-state index contributed by atoms with van der Waals surface area (Å²) in [6, 6.07) is 9.88. The Hall–Kier alpha value is -1.81. The van der Waals surface area contributed by atoms with Crippen molar-refractivity contribution in [1.29, 1.82) is 0 Å². The van der Waals surface area contributed by atoms with Crippen molar-refractivity contribution in [3.8, 4) is 0 Å². The summed E-state index contributed by atoms with van der Waals surface area (Å²) in [5.41, 5.74) is 1.70. The Morgan fingerprint density at radius 1 is 1.42 bits per heavy atom. The fraction of sp³-hybridized carbons (Fsp3) is 0.286. The van der Waals surface area contributed by atoms with E-state index in [0.29, 0.717) is 11.4 Å². The number of carbonyl (C=O) groups excluding carboxylic acids is 1. The van der Waals surface area contributed by atoms with Crippen LogP contribution in [0.5, 0.6) is 0 Å². The summed E-state index contributed by atoms with van der Waals surface area (Å²) in [6.07, 6.45) is 3.95. The monoisotopic (exact) mass is 277 g/mol. The molecule has 1 atom stereocenters. The number of alkyl halides is 1. The first-order valence-electron chi connectivity index (χ1n) is 6.08. The van der Waals surface area contributed by atoms with Crippen molar-refractivity contribution in [1.82, 2.24) is 15.1 Å². The Labute approximate surface area is 117 Å². The summed E-state index contributed by atoms with van der Waals surface area (Å²) < 4.78 is 1.60. The molecule has 1 unspecified atom stereocenters. The zero-order valence-corrected chi connectivity index (χ0v) is 11.5. The van der Waals surface area contributed by atoms with Gasteiger partial charge in [0.05, 0.1) is 11.8 Å². The molecule has 5 heteroatoms. The average molecular weight is 278 g/mol. The molecule has 1 heterocycles. The second kappa shape index (κ2) is 6.38. The molecule has 0 radical (unpaired) electrons. The number of carbonyl (C=O) groups is 1. The summed E-state index contributed by atoms with van der Waals surface area (Å²) in [5.74, 6) is 0.232. The molecule has 100 valence electrons. The maximum absolute atomic E-state index is 12.0. The number of aryl methyl sites for hydroxylation is 1. The molecular weight excluding hydrogens is 262 g/mol. The Morgan fingerprint density at radius 2 is 2.16 bits per heavy atom. The van der Waals surface area contributed by atoms with Crippen molar-refractivity contribution in [3.63, 3.8) is 0 Å². The summed E-state index contributed by atoms with van der Waals surface area (Å²) in [4.78, 5) is 12.0. The van der Waals surface area contributed by atoms with Crippen LogP contribution < -0.4 is 5.32 Å². The molecule has 0 aliphatic rings. The predicted octanol–water partition coefficient (Wildman–Crippen LogP) is 2.00. The summed E-state index contributed by atoms with van der Waals surface area (Å²) in [6.45, 7) is 0. The van der Waals surface area contributed by atoms with Crippen LogP contribution in [0.3, 0.4) is 0 Å². The molecule has 0 spiro atoms. The van der Waals surface area contributed by atoms with Gasteiger partial charge >= 0.3 is 0 Å². The van der Waals surface area contributed by atoms with Gasteiger partial charge in [-0.25, -0.2) is 0 Å². The van der Waals surface area contributed by atoms with E-state index in [-0.39, 0.29) is 11.9 Å². The van der Waals surface area contributed by atoms with Crippen LogP contribution in [0.4, 0.5) is 0 Å². The smallest absolute Gasteiger partial charge is 0.254 e. The number of halogens is 1. The molecule has 1 aromatic heterocycles. The summed E-state index contributed by atoms with van der Waals surface area (Å²) in [5, 5.41) is 6.90. The molecule has 19 heavy (non-hydrogen) atoms. The first-order valence-corrected chi connectivity index (χ1v) is 6.62. The molecule has 1 amide bonds. The van der Waals surface area contributed by atoms with Crippen LogP contribution in [-0.2, 0) is 13.5 Å². The minimum Gasteiger partial charge on any atom is -0.348 e. The molecule has 1 aromatic carbocycles. The topological polar surface area (TPSA) is 46.9 Å². The Morgan fingerprint density at radius 3 is 2.74 bits per heavy atom. The van der Waals surface area contributed by atoms with E-state index in [1.807, 2.05) is 30.3 Å². The van der Waals surface area contributed by atoms with Crippen LogP contribution in [0.15, 0.2) is 42.7 Å². The standard InChI is InChI=1S/C14H16ClN3O/c1-18-10-12(9-16-18)14(19)17-13(8-15)7-11-5-3-2-4-6-11/h2-6,9-10,13H,7-8H2,1H3,(H,17,19). The van der Waals surface area contributed by atoms with E-state index in [0.717, 1.165) is 12.0 Å². The van der Waals surface area contributed by atoms with Gasteiger partial charge in [0.15, 0.2) is 0 Å². The SMILES string of the molecule is Cn1cc(C(=O)NC(CCl)Cc2ccccc2)cn1. The number of nitrogens with one attached hydrogen (secondary N) is 1. The molecule has 2 rings (SSSR count). The number of amides is 1. The van der Waals surface area contributed by atoms with Crippen molar-refractivity contribution in [2.24, 2.45) is 7.05 Å². The summed E-state index contributed by atoms with van der Waals surface area (Å²) >= 11 is 5.92. The molecule has 0 aliphatic heterocycles. The summed E-state index contributed by atoms with van der Waals surface area (Å²) in [7, 11) is 1.78. The lowest BCUT2D eigenvalue weighted by atomic mass is 10.1. The van der Waals surface area contributed by atoms with Crippen LogP contribution in [-0.4, -0.2) is 27.6 Å². The van der Waals surface area contributed by atoms with Gasteiger partial charge in [-0.3, -0.25) is 9.48 Å². The van der Waals surface area contributed by atoms with Gasteiger partial charge in [-0.15, -0.1) is 11.6 Å². The van der Waals surface area contributed by atoms with Crippen molar-refractivity contribution < 1.29 is 4.79 Å². The van der Waals surface area contributed by atoms with Gasteiger partial charge in [0.2, 0.25) is 0 Å². The molecule has 0 aliphatic carbocycles. The molecule has 1 N–H and O–H groups in total. The normalized spacial score (nSPS) is 12.1. The average Bonchev–Trinajstić information content (AvgIpc) is 2.86. The van der Waals surface area contributed by atoms with Gasteiger partial charge in [0, 0.05) is 25.2 Å². The van der Waals surface area contributed by atoms with E-state index in [4.69, 9.17) is 11.6 Å². The van der Waals surface area contributed by atoms with Crippen molar-refractivity contribution in [2.45, 2.75) is 12.5 Å². The number of benzene rings is 1. The highest BCUT2D eigenvalue weighted by Crippen LogP contribution is 2.06. The van der Waals surface area contributed by atoms with Gasteiger partial charge in [-0.05, 0) is 12.0 Å². The lowest BCUT2D eigenvalue weighted by Gasteiger charge is -2.15. The molecule has 0 bridgehead atoms. The number of rotatable bonds is 5. The lowest BCUT2D eigenvalue weighted by molar-refractivity contribution is 0.0940. The highest BCUT2D eigenvalue weighted by Gasteiger charge is 2.14. The molecular formula is C14H16ClN3O. The highest BCUT2D eigenvalue weighted by atomic mass is 35.5. The number of nitrogens with zero attached hydrogens (tertiary/aromatic N) is 2. The number of aromatic nitrogens is 2. The first kappa shape index (κ1) is 13.6. The predicted molar refractivity (Wildman–Crippen MR) is 75.3 cm³/mol. The third-order valence-electron chi connectivity index (χ3n) is 2.81. The van der Waals surface area contributed by atoms with E-state index in [2.05, 4.69) is 10.4 Å². The lowest BCUT2D eigenvalue weighted by Crippen LogP contribution is -2.37. The van der Waals surface area contributed by atoms with Crippen LogP contribution in [0, 0.1) is 0 Å². The highest BCUT2D eigenvalue weighted by molar-refractivity contribution is 6.18. The van der Waals surface area contributed by atoms with E-state index in [1.165, 1.54) is 0 Å².